The highest BCUT2D eigenvalue weighted by Gasteiger charge is 2.13. The molecule has 0 atom stereocenters. The predicted molar refractivity (Wildman–Crippen MR) is 79.8 cm³/mol. The minimum absolute atomic E-state index is 0.0830. The van der Waals surface area contributed by atoms with Crippen LogP contribution in [0, 0.1) is 0 Å². The molecule has 0 heterocycles. The van der Waals surface area contributed by atoms with E-state index in [1.165, 1.54) is 5.56 Å². The molecule has 0 aliphatic heterocycles. The monoisotopic (exact) mass is 273 g/mol. The molecule has 0 bridgehead atoms. The van der Waals surface area contributed by atoms with E-state index in [9.17, 15) is 4.79 Å². The topological polar surface area (TPSA) is 43.1 Å². The van der Waals surface area contributed by atoms with Gasteiger partial charge in [-0.1, -0.05) is 49.7 Å². The fraction of sp³-hybridized carbons (Fsp3) is 0.188. The number of benzene rings is 2. The second-order valence-corrected chi connectivity index (χ2v) is 5.25. The van der Waals surface area contributed by atoms with Gasteiger partial charge in [-0.3, -0.25) is 4.79 Å². The number of rotatable bonds is 3. The van der Waals surface area contributed by atoms with Crippen LogP contribution >= 0.6 is 11.6 Å². The predicted octanol–water partition coefficient (Wildman–Crippen LogP) is 4.28. The zero-order valence-corrected chi connectivity index (χ0v) is 11.7. The second kappa shape index (κ2) is 5.45. The smallest absolute Gasteiger partial charge is 0.194 e. The summed E-state index contributed by atoms with van der Waals surface area (Å²) in [5, 5.41) is 0.387. The highest BCUT2D eigenvalue weighted by Crippen LogP contribution is 2.23. The van der Waals surface area contributed by atoms with E-state index >= 15 is 0 Å². The molecule has 0 aromatic heterocycles. The molecule has 0 unspecified atom stereocenters. The maximum atomic E-state index is 12.3. The SMILES string of the molecule is CC(C)c1ccc(C(=O)c2ccc(N)cc2Cl)cc1. The highest BCUT2D eigenvalue weighted by molar-refractivity contribution is 6.35. The average molecular weight is 274 g/mol. The molecule has 19 heavy (non-hydrogen) atoms. The van der Waals surface area contributed by atoms with Crippen molar-refractivity contribution in [3.05, 3.63) is 64.2 Å². The summed E-state index contributed by atoms with van der Waals surface area (Å²) < 4.78 is 0. The van der Waals surface area contributed by atoms with Crippen molar-refractivity contribution in [1.82, 2.24) is 0 Å². The molecule has 2 aromatic carbocycles. The molecule has 0 amide bonds. The Morgan fingerprint density at radius 3 is 2.26 bits per heavy atom. The van der Waals surface area contributed by atoms with Crippen molar-refractivity contribution in [2.75, 3.05) is 5.73 Å². The van der Waals surface area contributed by atoms with Crippen molar-refractivity contribution in [2.45, 2.75) is 19.8 Å². The number of carbonyl (C=O) groups is 1. The second-order valence-electron chi connectivity index (χ2n) is 4.85. The first-order valence-corrected chi connectivity index (χ1v) is 6.56. The molecule has 2 aromatic rings. The van der Waals surface area contributed by atoms with Crippen LogP contribution < -0.4 is 5.73 Å². The Morgan fingerprint density at radius 2 is 1.74 bits per heavy atom. The van der Waals surface area contributed by atoms with Gasteiger partial charge in [0.1, 0.15) is 0 Å². The van der Waals surface area contributed by atoms with Crippen LogP contribution in [0.25, 0.3) is 0 Å². The van der Waals surface area contributed by atoms with Crippen LogP contribution in [0.1, 0.15) is 41.3 Å². The number of hydrogen-bond acceptors (Lipinski definition) is 2. The molecule has 2 N–H and O–H groups in total. The minimum atomic E-state index is -0.0830. The summed E-state index contributed by atoms with van der Waals surface area (Å²) in [7, 11) is 0. The van der Waals surface area contributed by atoms with E-state index in [-0.39, 0.29) is 5.78 Å². The lowest BCUT2D eigenvalue weighted by molar-refractivity contribution is 0.103. The summed E-state index contributed by atoms with van der Waals surface area (Å²) in [6.07, 6.45) is 0. The summed E-state index contributed by atoms with van der Waals surface area (Å²) in [5.74, 6) is 0.365. The molecule has 0 aliphatic rings. The Hall–Kier alpha value is -1.80. The van der Waals surface area contributed by atoms with Crippen LogP contribution in [0.3, 0.4) is 0 Å². The number of nitrogens with two attached hydrogens (primary N) is 1. The van der Waals surface area contributed by atoms with Gasteiger partial charge in [0.15, 0.2) is 5.78 Å². The highest BCUT2D eigenvalue weighted by atomic mass is 35.5. The molecule has 2 nitrogen and oxygen atoms in total. The van der Waals surface area contributed by atoms with Gasteiger partial charge < -0.3 is 5.73 Å². The third kappa shape index (κ3) is 2.96. The Morgan fingerprint density at radius 1 is 1.11 bits per heavy atom. The third-order valence-corrected chi connectivity index (χ3v) is 3.39. The quantitative estimate of drug-likeness (QED) is 0.670. The van der Waals surface area contributed by atoms with Crippen LogP contribution in [-0.2, 0) is 0 Å². The van der Waals surface area contributed by atoms with E-state index in [0.717, 1.165) is 0 Å². The van der Waals surface area contributed by atoms with Gasteiger partial charge in [-0.2, -0.15) is 0 Å². The van der Waals surface area contributed by atoms with Crippen molar-refractivity contribution in [1.29, 1.82) is 0 Å². The van der Waals surface area contributed by atoms with Crippen LogP contribution in [0.5, 0.6) is 0 Å². The lowest BCUT2D eigenvalue weighted by Crippen LogP contribution is -2.03. The normalized spacial score (nSPS) is 10.7. The molecule has 0 radical (unpaired) electrons. The molecule has 3 heteroatoms. The average Bonchev–Trinajstić information content (AvgIpc) is 2.38. The van der Waals surface area contributed by atoms with Crippen molar-refractivity contribution < 1.29 is 4.79 Å². The number of halogens is 1. The van der Waals surface area contributed by atoms with Crippen LogP contribution in [0.15, 0.2) is 42.5 Å². The number of nitrogen functional groups attached to an aromatic ring is 1. The Labute approximate surface area is 118 Å². The fourth-order valence-corrected chi connectivity index (χ4v) is 2.17. The largest absolute Gasteiger partial charge is 0.399 e. The maximum absolute atomic E-state index is 12.3. The first-order chi connectivity index (χ1) is 8.99. The molecule has 98 valence electrons. The summed E-state index contributed by atoms with van der Waals surface area (Å²) in [5.41, 5.74) is 8.50. The lowest BCUT2D eigenvalue weighted by Gasteiger charge is -2.08. The number of ketones is 1. The van der Waals surface area contributed by atoms with Crippen LogP contribution in [-0.4, -0.2) is 5.78 Å². The van der Waals surface area contributed by atoms with E-state index in [2.05, 4.69) is 13.8 Å². The Balaban J connectivity index is 2.33. The van der Waals surface area contributed by atoms with Crippen LogP contribution in [0.2, 0.25) is 5.02 Å². The zero-order valence-electron chi connectivity index (χ0n) is 11.0. The Bertz CT molecular complexity index is 603. The van der Waals surface area contributed by atoms with Gasteiger partial charge in [-0.15, -0.1) is 0 Å². The molecule has 2 rings (SSSR count). The van der Waals surface area contributed by atoms with Gasteiger partial charge in [0.2, 0.25) is 0 Å². The van der Waals surface area contributed by atoms with Crippen molar-refractivity contribution in [3.8, 4) is 0 Å². The van der Waals surface area contributed by atoms with E-state index in [4.69, 9.17) is 17.3 Å². The van der Waals surface area contributed by atoms with Gasteiger partial charge in [0.25, 0.3) is 0 Å². The minimum Gasteiger partial charge on any atom is -0.399 e. The maximum Gasteiger partial charge on any atom is 0.194 e. The number of anilines is 1. The first kappa shape index (κ1) is 13.6. The molecule has 0 aliphatic carbocycles. The summed E-state index contributed by atoms with van der Waals surface area (Å²) >= 11 is 6.06. The van der Waals surface area contributed by atoms with Gasteiger partial charge in [0, 0.05) is 16.8 Å². The Kier molecular flexibility index (Phi) is 3.91. The van der Waals surface area contributed by atoms with Gasteiger partial charge in [0.05, 0.1) is 5.02 Å². The van der Waals surface area contributed by atoms with Crippen LogP contribution in [0.4, 0.5) is 5.69 Å². The summed E-state index contributed by atoms with van der Waals surface area (Å²) in [6.45, 7) is 4.24. The molecule has 0 saturated carbocycles. The van der Waals surface area contributed by atoms with Gasteiger partial charge in [-0.05, 0) is 29.7 Å². The zero-order chi connectivity index (χ0) is 14.0. The molecular formula is C16H16ClNO. The summed E-state index contributed by atoms with van der Waals surface area (Å²) in [4.78, 5) is 12.3. The summed E-state index contributed by atoms with van der Waals surface area (Å²) in [6, 6.07) is 12.6. The van der Waals surface area contributed by atoms with Crippen molar-refractivity contribution >= 4 is 23.1 Å². The van der Waals surface area contributed by atoms with Gasteiger partial charge >= 0.3 is 0 Å². The molecule has 0 spiro atoms. The number of carbonyl (C=O) groups excluding carboxylic acids is 1. The van der Waals surface area contributed by atoms with Gasteiger partial charge in [-0.25, -0.2) is 0 Å². The lowest BCUT2D eigenvalue weighted by atomic mass is 9.98. The molecule has 0 fully saturated rings. The molecular weight excluding hydrogens is 258 g/mol. The van der Waals surface area contributed by atoms with E-state index in [0.29, 0.717) is 27.8 Å². The van der Waals surface area contributed by atoms with E-state index in [1.54, 1.807) is 18.2 Å². The molecule has 0 saturated heterocycles. The standard InChI is InChI=1S/C16H16ClNO/c1-10(2)11-3-5-12(6-4-11)16(19)14-8-7-13(18)9-15(14)17/h3-10H,18H2,1-2H3. The van der Waals surface area contributed by atoms with E-state index < -0.39 is 0 Å². The van der Waals surface area contributed by atoms with Crippen molar-refractivity contribution in [2.24, 2.45) is 0 Å². The third-order valence-electron chi connectivity index (χ3n) is 3.08. The number of hydrogen-bond donors (Lipinski definition) is 1. The fourth-order valence-electron chi connectivity index (χ4n) is 1.89. The van der Waals surface area contributed by atoms with Crippen molar-refractivity contribution in [3.63, 3.8) is 0 Å². The van der Waals surface area contributed by atoms with E-state index in [1.807, 2.05) is 24.3 Å². The first-order valence-electron chi connectivity index (χ1n) is 6.18.